The molecule has 0 radical (unpaired) electrons. The molecule has 2 nitrogen and oxygen atoms in total. The van der Waals surface area contributed by atoms with Gasteiger partial charge < -0.3 is 5.73 Å². The summed E-state index contributed by atoms with van der Waals surface area (Å²) in [6.45, 7) is 6.62. The molecule has 3 atom stereocenters. The van der Waals surface area contributed by atoms with Gasteiger partial charge in [0.15, 0.2) is 0 Å². The average Bonchev–Trinajstić information content (AvgIpc) is 2.42. The fraction of sp³-hybridized carbons (Fsp3) is 0.625. The lowest BCUT2D eigenvalue weighted by molar-refractivity contribution is 0.0956. The van der Waals surface area contributed by atoms with E-state index in [-0.39, 0.29) is 0 Å². The molecule has 2 heteroatoms. The number of rotatable bonds is 4. The molecule has 0 bridgehead atoms. The third kappa shape index (κ3) is 2.93. The first-order valence-electron chi connectivity index (χ1n) is 7.24. The van der Waals surface area contributed by atoms with Crippen LogP contribution in [0.5, 0.6) is 0 Å². The van der Waals surface area contributed by atoms with E-state index < -0.39 is 0 Å². The Morgan fingerprint density at radius 1 is 1.28 bits per heavy atom. The van der Waals surface area contributed by atoms with Crippen LogP contribution in [-0.4, -0.2) is 30.1 Å². The largest absolute Gasteiger partial charge is 0.329 e. The van der Waals surface area contributed by atoms with Gasteiger partial charge in [0.25, 0.3) is 0 Å². The number of hydrogen-bond donors (Lipinski definition) is 1. The van der Waals surface area contributed by atoms with Gasteiger partial charge in [-0.2, -0.15) is 0 Å². The van der Waals surface area contributed by atoms with E-state index in [1.54, 1.807) is 0 Å². The van der Waals surface area contributed by atoms with Crippen LogP contribution in [0.15, 0.2) is 30.3 Å². The van der Waals surface area contributed by atoms with Crippen LogP contribution in [0.1, 0.15) is 44.6 Å². The smallest absolute Gasteiger partial charge is 0.0287 e. The van der Waals surface area contributed by atoms with Crippen molar-refractivity contribution in [3.05, 3.63) is 35.9 Å². The van der Waals surface area contributed by atoms with E-state index in [0.717, 1.165) is 6.54 Å². The molecule has 0 spiro atoms. The van der Waals surface area contributed by atoms with Crippen LogP contribution in [0.4, 0.5) is 0 Å². The van der Waals surface area contributed by atoms with Crippen molar-refractivity contribution in [2.75, 3.05) is 13.1 Å². The molecule has 0 aliphatic carbocycles. The van der Waals surface area contributed by atoms with Gasteiger partial charge in [0, 0.05) is 18.6 Å². The highest BCUT2D eigenvalue weighted by Crippen LogP contribution is 2.27. The molecular weight excluding hydrogens is 220 g/mol. The number of hydrogen-bond acceptors (Lipinski definition) is 2. The van der Waals surface area contributed by atoms with E-state index >= 15 is 0 Å². The topological polar surface area (TPSA) is 29.3 Å². The Balaban J connectivity index is 2.12. The lowest BCUT2D eigenvalue weighted by atomic mass is 9.89. The first kappa shape index (κ1) is 13.6. The SMILES string of the molecule is CC(c1ccccc1)C(CN)N1CCCCC1C. The highest BCUT2D eigenvalue weighted by atomic mass is 15.2. The van der Waals surface area contributed by atoms with Gasteiger partial charge in [0.1, 0.15) is 0 Å². The van der Waals surface area contributed by atoms with Crippen molar-refractivity contribution in [2.45, 2.75) is 51.1 Å². The fourth-order valence-corrected chi connectivity index (χ4v) is 3.22. The van der Waals surface area contributed by atoms with Gasteiger partial charge in [-0.25, -0.2) is 0 Å². The Hall–Kier alpha value is -0.860. The second-order valence-corrected chi connectivity index (χ2v) is 5.59. The minimum absolute atomic E-state index is 0.475. The number of likely N-dealkylation sites (tertiary alicyclic amines) is 1. The van der Waals surface area contributed by atoms with Crippen molar-refractivity contribution in [1.29, 1.82) is 0 Å². The maximum absolute atomic E-state index is 6.06. The lowest BCUT2D eigenvalue weighted by Crippen LogP contribution is -2.50. The summed E-state index contributed by atoms with van der Waals surface area (Å²) < 4.78 is 0. The van der Waals surface area contributed by atoms with Gasteiger partial charge >= 0.3 is 0 Å². The quantitative estimate of drug-likeness (QED) is 0.885. The molecule has 0 amide bonds. The molecule has 18 heavy (non-hydrogen) atoms. The molecule has 2 rings (SSSR count). The normalized spacial score (nSPS) is 24.7. The molecule has 1 aliphatic rings. The van der Waals surface area contributed by atoms with Crippen molar-refractivity contribution in [2.24, 2.45) is 5.73 Å². The zero-order valence-electron chi connectivity index (χ0n) is 11.7. The second-order valence-electron chi connectivity index (χ2n) is 5.59. The molecule has 1 saturated heterocycles. The molecule has 1 aromatic rings. The summed E-state index contributed by atoms with van der Waals surface area (Å²) in [6, 6.07) is 11.9. The van der Waals surface area contributed by atoms with Crippen molar-refractivity contribution in [1.82, 2.24) is 4.90 Å². The molecule has 100 valence electrons. The molecule has 0 saturated carbocycles. The predicted molar refractivity (Wildman–Crippen MR) is 77.7 cm³/mol. The van der Waals surface area contributed by atoms with Gasteiger partial charge in [-0.05, 0) is 37.8 Å². The second kappa shape index (κ2) is 6.35. The molecule has 0 aromatic heterocycles. The van der Waals surface area contributed by atoms with Gasteiger partial charge in [0.2, 0.25) is 0 Å². The molecule has 1 aliphatic heterocycles. The Bertz CT molecular complexity index is 349. The number of nitrogens with two attached hydrogens (primary N) is 1. The van der Waals surface area contributed by atoms with Crippen LogP contribution in [0, 0.1) is 0 Å². The van der Waals surface area contributed by atoms with Crippen LogP contribution in [0.2, 0.25) is 0 Å². The van der Waals surface area contributed by atoms with Gasteiger partial charge in [-0.15, -0.1) is 0 Å². The maximum atomic E-state index is 6.06. The standard InChI is InChI=1S/C16H26N2/c1-13-8-6-7-11-18(13)16(12-17)14(2)15-9-4-3-5-10-15/h3-5,9-10,13-14,16H,6-8,11-12,17H2,1-2H3. The van der Waals surface area contributed by atoms with E-state index in [1.807, 2.05) is 0 Å². The summed E-state index contributed by atoms with van der Waals surface area (Å²) in [6.07, 6.45) is 4.01. The summed E-state index contributed by atoms with van der Waals surface area (Å²) in [5.74, 6) is 0.511. The molecule has 1 fully saturated rings. The zero-order chi connectivity index (χ0) is 13.0. The van der Waals surface area contributed by atoms with Gasteiger partial charge in [-0.1, -0.05) is 43.7 Å². The molecule has 1 heterocycles. The maximum Gasteiger partial charge on any atom is 0.0287 e. The summed E-state index contributed by atoms with van der Waals surface area (Å²) in [4.78, 5) is 2.63. The zero-order valence-corrected chi connectivity index (χ0v) is 11.7. The lowest BCUT2D eigenvalue weighted by Gasteiger charge is -2.42. The number of nitrogens with zero attached hydrogens (tertiary/aromatic N) is 1. The van der Waals surface area contributed by atoms with E-state index in [4.69, 9.17) is 5.73 Å². The Labute approximate surface area is 111 Å². The average molecular weight is 246 g/mol. The Morgan fingerprint density at radius 3 is 2.61 bits per heavy atom. The monoisotopic (exact) mass is 246 g/mol. The highest BCUT2D eigenvalue weighted by Gasteiger charge is 2.29. The van der Waals surface area contributed by atoms with E-state index in [1.165, 1.54) is 31.4 Å². The first-order chi connectivity index (χ1) is 8.74. The molecule has 1 aromatic carbocycles. The van der Waals surface area contributed by atoms with Crippen molar-refractivity contribution >= 4 is 0 Å². The Kier molecular flexibility index (Phi) is 4.79. The summed E-state index contributed by atoms with van der Waals surface area (Å²) in [7, 11) is 0. The van der Waals surface area contributed by atoms with Crippen LogP contribution in [0.3, 0.4) is 0 Å². The fourth-order valence-electron chi connectivity index (χ4n) is 3.22. The predicted octanol–water partition coefficient (Wildman–Crippen LogP) is 2.99. The van der Waals surface area contributed by atoms with Crippen molar-refractivity contribution in [3.63, 3.8) is 0 Å². The minimum atomic E-state index is 0.475. The number of benzene rings is 1. The van der Waals surface area contributed by atoms with Crippen molar-refractivity contribution < 1.29 is 0 Å². The summed E-state index contributed by atoms with van der Waals surface area (Å²) >= 11 is 0. The molecule has 3 unspecified atom stereocenters. The van der Waals surface area contributed by atoms with E-state index in [9.17, 15) is 0 Å². The summed E-state index contributed by atoms with van der Waals surface area (Å²) in [5.41, 5.74) is 7.47. The summed E-state index contributed by atoms with van der Waals surface area (Å²) in [5, 5.41) is 0. The first-order valence-corrected chi connectivity index (χ1v) is 7.24. The highest BCUT2D eigenvalue weighted by molar-refractivity contribution is 5.21. The van der Waals surface area contributed by atoms with Crippen LogP contribution < -0.4 is 5.73 Å². The van der Waals surface area contributed by atoms with E-state index in [2.05, 4.69) is 49.1 Å². The van der Waals surface area contributed by atoms with Gasteiger partial charge in [0.05, 0.1) is 0 Å². The Morgan fingerprint density at radius 2 is 2.00 bits per heavy atom. The van der Waals surface area contributed by atoms with Crippen molar-refractivity contribution in [3.8, 4) is 0 Å². The van der Waals surface area contributed by atoms with Gasteiger partial charge in [-0.3, -0.25) is 4.90 Å². The van der Waals surface area contributed by atoms with Crippen LogP contribution in [0.25, 0.3) is 0 Å². The minimum Gasteiger partial charge on any atom is -0.329 e. The third-order valence-corrected chi connectivity index (χ3v) is 4.42. The number of piperidine rings is 1. The van der Waals surface area contributed by atoms with Crippen LogP contribution >= 0.6 is 0 Å². The van der Waals surface area contributed by atoms with E-state index in [0.29, 0.717) is 18.0 Å². The van der Waals surface area contributed by atoms with Crippen LogP contribution in [-0.2, 0) is 0 Å². The molecule has 2 N–H and O–H groups in total. The molecular formula is C16H26N2. The third-order valence-electron chi connectivity index (χ3n) is 4.42.